The van der Waals surface area contributed by atoms with Gasteiger partial charge in [-0.15, -0.1) is 0 Å². The molecule has 0 bridgehead atoms. The summed E-state index contributed by atoms with van der Waals surface area (Å²) in [5.41, 5.74) is -1.70. The second-order valence-corrected chi connectivity index (χ2v) is 5.03. The highest BCUT2D eigenvalue weighted by Crippen LogP contribution is 2.31. The number of aliphatic imine (C=N–C) groups is 1. The van der Waals surface area contributed by atoms with E-state index in [1.54, 1.807) is 0 Å². The van der Waals surface area contributed by atoms with E-state index in [4.69, 9.17) is 0 Å². The Hall–Kier alpha value is -2.78. The number of aromatic nitrogens is 1. The van der Waals surface area contributed by atoms with Crippen LogP contribution in [0.15, 0.2) is 23.5 Å². The van der Waals surface area contributed by atoms with Gasteiger partial charge in [-0.1, -0.05) is 0 Å². The fourth-order valence-corrected chi connectivity index (χ4v) is 1.95. The second kappa shape index (κ2) is 6.77. The molecule has 0 spiro atoms. The van der Waals surface area contributed by atoms with Crippen LogP contribution >= 0.6 is 0 Å². The van der Waals surface area contributed by atoms with Crippen molar-refractivity contribution in [2.75, 3.05) is 6.54 Å². The smallest absolute Gasteiger partial charge is 0.352 e. The number of amides is 3. The van der Waals surface area contributed by atoms with E-state index < -0.39 is 40.9 Å². The molecule has 1 atom stereocenters. The molecule has 3 amide bonds. The largest absolute Gasteiger partial charge is 0.418 e. The van der Waals surface area contributed by atoms with Gasteiger partial charge in [-0.05, 0) is 13.0 Å². The van der Waals surface area contributed by atoms with E-state index in [0.29, 0.717) is 6.20 Å². The molecule has 128 valence electrons. The minimum atomic E-state index is -4.70. The van der Waals surface area contributed by atoms with Crippen LogP contribution in [0.5, 0.6) is 0 Å². The van der Waals surface area contributed by atoms with Crippen LogP contribution in [0, 0.1) is 5.92 Å². The van der Waals surface area contributed by atoms with Crippen molar-refractivity contribution in [1.82, 2.24) is 15.6 Å². The van der Waals surface area contributed by atoms with Gasteiger partial charge in [0, 0.05) is 25.4 Å². The fraction of sp³-hybridized carbons (Fsp3) is 0.357. The molecular formula is C14H13F3N4O3. The number of alkyl halides is 3. The number of rotatable bonds is 4. The standard InChI is InChI=1S/C14H13F3N4O3/c1-7-11(22)20-10(21-12(7)23)3-5-19-13(24)8-2-4-18-6-9(8)14(15,16)17/h2,4,6-7H,3,5H2,1H3,(H,19,24)(H,20,21,22,23). The number of halogens is 3. The van der Waals surface area contributed by atoms with Crippen molar-refractivity contribution in [3.05, 3.63) is 29.6 Å². The zero-order chi connectivity index (χ0) is 17.9. The van der Waals surface area contributed by atoms with Crippen molar-refractivity contribution in [1.29, 1.82) is 0 Å². The van der Waals surface area contributed by atoms with Crippen LogP contribution < -0.4 is 10.6 Å². The molecule has 1 aromatic rings. The lowest BCUT2D eigenvalue weighted by atomic mass is 10.1. The van der Waals surface area contributed by atoms with Gasteiger partial charge in [-0.25, -0.2) is 0 Å². The Balaban J connectivity index is 1.99. The molecule has 24 heavy (non-hydrogen) atoms. The third-order valence-electron chi connectivity index (χ3n) is 3.29. The minimum Gasteiger partial charge on any atom is -0.352 e. The zero-order valence-electron chi connectivity index (χ0n) is 12.5. The highest BCUT2D eigenvalue weighted by Gasteiger charge is 2.35. The van der Waals surface area contributed by atoms with Crippen molar-refractivity contribution in [2.45, 2.75) is 19.5 Å². The minimum absolute atomic E-state index is 0.00236. The predicted octanol–water partition coefficient (Wildman–Crippen LogP) is 0.911. The lowest BCUT2D eigenvalue weighted by Gasteiger charge is -2.17. The fourth-order valence-electron chi connectivity index (χ4n) is 1.95. The Kier molecular flexibility index (Phi) is 4.96. The van der Waals surface area contributed by atoms with Gasteiger partial charge in [0.1, 0.15) is 11.8 Å². The van der Waals surface area contributed by atoms with E-state index in [0.717, 1.165) is 12.3 Å². The van der Waals surface area contributed by atoms with Crippen LogP contribution in [0.4, 0.5) is 13.2 Å². The lowest BCUT2D eigenvalue weighted by Crippen LogP contribution is -2.44. The summed E-state index contributed by atoms with van der Waals surface area (Å²) in [5, 5.41) is 4.68. The third kappa shape index (κ3) is 3.94. The first-order valence-corrected chi connectivity index (χ1v) is 6.92. The maximum atomic E-state index is 12.8. The summed E-state index contributed by atoms with van der Waals surface area (Å²) in [6.45, 7) is 1.31. The Morgan fingerprint density at radius 3 is 2.71 bits per heavy atom. The van der Waals surface area contributed by atoms with Gasteiger partial charge < -0.3 is 10.6 Å². The van der Waals surface area contributed by atoms with Crippen LogP contribution in [0.3, 0.4) is 0 Å². The summed E-state index contributed by atoms with van der Waals surface area (Å²) >= 11 is 0. The molecule has 2 heterocycles. The van der Waals surface area contributed by atoms with Gasteiger partial charge in [0.25, 0.3) is 11.8 Å². The average Bonchev–Trinajstić information content (AvgIpc) is 2.51. The van der Waals surface area contributed by atoms with E-state index in [2.05, 4.69) is 20.6 Å². The molecular weight excluding hydrogens is 329 g/mol. The van der Waals surface area contributed by atoms with Crippen LogP contribution in [0.2, 0.25) is 0 Å². The van der Waals surface area contributed by atoms with E-state index in [1.165, 1.54) is 6.92 Å². The first-order valence-electron chi connectivity index (χ1n) is 6.92. The summed E-state index contributed by atoms with van der Waals surface area (Å²) in [4.78, 5) is 41.8. The SMILES string of the molecule is C[C@@H]1C(=O)N=C(CCNC(=O)c2ccncc2C(F)(F)F)NC1=O. The van der Waals surface area contributed by atoms with E-state index in [9.17, 15) is 27.6 Å². The summed E-state index contributed by atoms with van der Waals surface area (Å²) in [6.07, 6.45) is -3.05. The molecule has 0 saturated carbocycles. The van der Waals surface area contributed by atoms with Crippen LogP contribution in [0.25, 0.3) is 0 Å². The molecule has 1 aliphatic heterocycles. The second-order valence-electron chi connectivity index (χ2n) is 5.03. The van der Waals surface area contributed by atoms with Gasteiger partial charge in [0.2, 0.25) is 5.91 Å². The average molecular weight is 342 g/mol. The Morgan fingerprint density at radius 2 is 2.08 bits per heavy atom. The molecule has 0 saturated heterocycles. The summed E-state index contributed by atoms with van der Waals surface area (Å²) in [5.74, 6) is -2.87. The van der Waals surface area contributed by atoms with Crippen molar-refractivity contribution in [3.63, 3.8) is 0 Å². The third-order valence-corrected chi connectivity index (χ3v) is 3.29. The van der Waals surface area contributed by atoms with Gasteiger partial charge in [-0.3, -0.25) is 19.4 Å². The van der Waals surface area contributed by atoms with Crippen LogP contribution in [0.1, 0.15) is 29.3 Å². The molecule has 0 fully saturated rings. The number of hydrogen-bond donors (Lipinski definition) is 2. The Labute approximate surface area is 134 Å². The summed E-state index contributed by atoms with van der Waals surface area (Å²) in [6, 6.07) is 0.962. The van der Waals surface area contributed by atoms with Crippen molar-refractivity contribution in [3.8, 4) is 0 Å². The summed E-state index contributed by atoms with van der Waals surface area (Å²) < 4.78 is 38.5. The van der Waals surface area contributed by atoms with E-state index in [-0.39, 0.29) is 18.8 Å². The molecule has 2 rings (SSSR count). The van der Waals surface area contributed by atoms with Crippen molar-refractivity contribution < 1.29 is 27.6 Å². The number of amidine groups is 1. The van der Waals surface area contributed by atoms with Gasteiger partial charge in [-0.2, -0.15) is 18.2 Å². The molecule has 2 N–H and O–H groups in total. The van der Waals surface area contributed by atoms with Crippen LogP contribution in [-0.2, 0) is 15.8 Å². The molecule has 1 aromatic heterocycles. The number of hydrogen-bond acceptors (Lipinski definition) is 4. The van der Waals surface area contributed by atoms with Gasteiger partial charge in [0.15, 0.2) is 0 Å². The molecule has 1 aliphatic rings. The number of carbonyl (C=O) groups is 3. The molecule has 0 radical (unpaired) electrons. The number of nitrogens with zero attached hydrogens (tertiary/aromatic N) is 2. The summed E-state index contributed by atoms with van der Waals surface area (Å²) in [7, 11) is 0. The monoisotopic (exact) mass is 342 g/mol. The molecule has 7 nitrogen and oxygen atoms in total. The maximum Gasteiger partial charge on any atom is 0.418 e. The number of pyridine rings is 1. The first kappa shape index (κ1) is 17.6. The van der Waals surface area contributed by atoms with Gasteiger partial charge >= 0.3 is 6.18 Å². The molecule has 0 unspecified atom stereocenters. The highest BCUT2D eigenvalue weighted by molar-refractivity contribution is 6.15. The zero-order valence-corrected chi connectivity index (χ0v) is 12.5. The molecule has 0 aromatic carbocycles. The van der Waals surface area contributed by atoms with Crippen LogP contribution in [-0.4, -0.2) is 35.1 Å². The maximum absolute atomic E-state index is 12.8. The normalized spacial score (nSPS) is 18.0. The number of carbonyl (C=O) groups excluding carboxylic acids is 3. The number of nitrogens with one attached hydrogen (secondary N) is 2. The topological polar surface area (TPSA) is 101 Å². The highest BCUT2D eigenvalue weighted by atomic mass is 19.4. The molecule has 10 heteroatoms. The Bertz CT molecular complexity index is 715. The van der Waals surface area contributed by atoms with Crippen molar-refractivity contribution in [2.24, 2.45) is 10.9 Å². The van der Waals surface area contributed by atoms with Crippen molar-refractivity contribution >= 4 is 23.6 Å². The van der Waals surface area contributed by atoms with E-state index in [1.807, 2.05) is 0 Å². The predicted molar refractivity (Wildman–Crippen MR) is 75.9 cm³/mol. The van der Waals surface area contributed by atoms with Gasteiger partial charge in [0.05, 0.1) is 11.1 Å². The quantitative estimate of drug-likeness (QED) is 0.794. The molecule has 0 aliphatic carbocycles. The lowest BCUT2D eigenvalue weighted by molar-refractivity contribution is -0.138. The van der Waals surface area contributed by atoms with E-state index >= 15 is 0 Å². The Morgan fingerprint density at radius 1 is 1.38 bits per heavy atom. The first-order chi connectivity index (χ1) is 11.2.